The fourth-order valence-electron chi connectivity index (χ4n) is 5.80. The molecule has 1 aromatic carbocycles. The maximum Gasteiger partial charge on any atom is 0.244 e. The molecule has 9 nitrogen and oxygen atoms in total. The topological polar surface area (TPSA) is 131 Å². The van der Waals surface area contributed by atoms with Crippen molar-refractivity contribution < 1.29 is 24.6 Å². The van der Waals surface area contributed by atoms with Crippen LogP contribution in [0.15, 0.2) is 30.3 Å². The monoisotopic (exact) mass is 622 g/mol. The molecule has 1 unspecified atom stereocenters. The molecule has 248 valence electrons. The molecule has 0 aromatic heterocycles. The standard InChI is InChI=1S/C36H54N4O5/c1-7-15-31(41)34(43)30(23-28-18-13-10-14-19-28)38-36(45)33(26(5)8-2)39-35(44)29(22-27-16-11-9-12-17-27)24-32(42)40(6)21-20-37-25(3)4/h1-2,9,11-12,16-17,25-26,28-31,33-34,37,41,43H,10,13-15,18-24H2,3-6H3,(H,38,45)(H,39,44)/t26?,29-,30+,31+,33+,34-/m1/s1. The number of carbonyl (C=O) groups is 3. The van der Waals surface area contributed by atoms with Gasteiger partial charge in [-0.3, -0.25) is 14.4 Å². The number of aliphatic hydroxyl groups excluding tert-OH is 2. The van der Waals surface area contributed by atoms with Gasteiger partial charge in [0.2, 0.25) is 17.7 Å². The second-order valence-corrected chi connectivity index (χ2v) is 12.8. The average Bonchev–Trinajstić information content (AvgIpc) is 3.02. The van der Waals surface area contributed by atoms with E-state index in [2.05, 4.69) is 27.8 Å². The van der Waals surface area contributed by atoms with Crippen LogP contribution in [0.5, 0.6) is 0 Å². The fourth-order valence-corrected chi connectivity index (χ4v) is 5.80. The Morgan fingerprint density at radius 2 is 1.67 bits per heavy atom. The third-order valence-corrected chi connectivity index (χ3v) is 8.66. The molecule has 0 radical (unpaired) electrons. The van der Waals surface area contributed by atoms with Gasteiger partial charge in [-0.2, -0.15) is 0 Å². The van der Waals surface area contributed by atoms with Gasteiger partial charge in [0, 0.05) is 44.9 Å². The van der Waals surface area contributed by atoms with Gasteiger partial charge in [-0.05, 0) is 31.2 Å². The first-order chi connectivity index (χ1) is 21.5. The smallest absolute Gasteiger partial charge is 0.244 e. The average molecular weight is 623 g/mol. The molecule has 0 saturated heterocycles. The van der Waals surface area contributed by atoms with E-state index >= 15 is 0 Å². The van der Waals surface area contributed by atoms with E-state index in [4.69, 9.17) is 12.8 Å². The maximum absolute atomic E-state index is 13.8. The van der Waals surface area contributed by atoms with Crippen molar-refractivity contribution in [3.8, 4) is 24.7 Å². The Morgan fingerprint density at radius 1 is 1.00 bits per heavy atom. The summed E-state index contributed by atoms with van der Waals surface area (Å²) >= 11 is 0. The summed E-state index contributed by atoms with van der Waals surface area (Å²) < 4.78 is 0. The summed E-state index contributed by atoms with van der Waals surface area (Å²) in [4.78, 5) is 42.4. The summed E-state index contributed by atoms with van der Waals surface area (Å²) in [5, 5.41) is 30.5. The first kappa shape index (κ1) is 37.8. The van der Waals surface area contributed by atoms with Crippen molar-refractivity contribution >= 4 is 17.7 Å². The van der Waals surface area contributed by atoms with Crippen LogP contribution in [0.25, 0.3) is 0 Å². The molecule has 1 saturated carbocycles. The molecule has 5 N–H and O–H groups in total. The van der Waals surface area contributed by atoms with Gasteiger partial charge in [0.1, 0.15) is 12.1 Å². The Hall–Kier alpha value is -3.37. The van der Waals surface area contributed by atoms with Crippen LogP contribution in [-0.4, -0.2) is 83.3 Å². The van der Waals surface area contributed by atoms with E-state index in [9.17, 15) is 24.6 Å². The second-order valence-electron chi connectivity index (χ2n) is 12.8. The summed E-state index contributed by atoms with van der Waals surface area (Å²) in [6.45, 7) is 6.85. The van der Waals surface area contributed by atoms with Crippen LogP contribution in [0.4, 0.5) is 0 Å². The molecule has 1 aliphatic rings. The van der Waals surface area contributed by atoms with E-state index < -0.39 is 47.9 Å². The number of aliphatic hydroxyl groups is 2. The van der Waals surface area contributed by atoms with Gasteiger partial charge in [-0.15, -0.1) is 24.7 Å². The highest BCUT2D eigenvalue weighted by molar-refractivity contribution is 5.91. The zero-order chi connectivity index (χ0) is 33.4. The second kappa shape index (κ2) is 19.9. The van der Waals surface area contributed by atoms with Crippen molar-refractivity contribution in [2.45, 2.75) is 109 Å². The highest BCUT2D eigenvalue weighted by Gasteiger charge is 2.35. The van der Waals surface area contributed by atoms with Crippen LogP contribution in [0.3, 0.4) is 0 Å². The van der Waals surface area contributed by atoms with Gasteiger partial charge in [0.05, 0.1) is 18.1 Å². The van der Waals surface area contributed by atoms with E-state index in [1.165, 1.54) is 0 Å². The number of carbonyl (C=O) groups excluding carboxylic acids is 3. The Balaban J connectivity index is 2.25. The van der Waals surface area contributed by atoms with Crippen LogP contribution in [0.2, 0.25) is 0 Å². The summed E-state index contributed by atoms with van der Waals surface area (Å²) in [5.41, 5.74) is 0.888. The lowest BCUT2D eigenvalue weighted by Crippen LogP contribution is -2.57. The Labute approximate surface area is 270 Å². The first-order valence-electron chi connectivity index (χ1n) is 16.3. The maximum atomic E-state index is 13.8. The minimum absolute atomic E-state index is 0.0427. The van der Waals surface area contributed by atoms with Gasteiger partial charge in [0.15, 0.2) is 0 Å². The molecule has 1 fully saturated rings. The van der Waals surface area contributed by atoms with Crippen molar-refractivity contribution in [2.75, 3.05) is 20.1 Å². The Morgan fingerprint density at radius 3 is 2.27 bits per heavy atom. The quantitative estimate of drug-likeness (QED) is 0.160. The number of nitrogens with zero attached hydrogens (tertiary/aromatic N) is 1. The van der Waals surface area contributed by atoms with Crippen LogP contribution < -0.4 is 16.0 Å². The van der Waals surface area contributed by atoms with Gasteiger partial charge in [-0.25, -0.2) is 0 Å². The van der Waals surface area contributed by atoms with Crippen molar-refractivity contribution in [1.82, 2.24) is 20.9 Å². The van der Waals surface area contributed by atoms with Crippen molar-refractivity contribution in [2.24, 2.45) is 17.8 Å². The van der Waals surface area contributed by atoms with Crippen LogP contribution in [0.1, 0.15) is 77.7 Å². The minimum Gasteiger partial charge on any atom is -0.389 e. The molecule has 0 aliphatic heterocycles. The number of rotatable bonds is 18. The zero-order valence-corrected chi connectivity index (χ0v) is 27.5. The molecular weight excluding hydrogens is 568 g/mol. The van der Waals surface area contributed by atoms with Crippen molar-refractivity contribution in [1.29, 1.82) is 0 Å². The third kappa shape index (κ3) is 13.3. The number of likely N-dealkylation sites (N-methyl/N-ethyl adjacent to an activating group) is 1. The van der Waals surface area contributed by atoms with Crippen molar-refractivity contribution in [3.63, 3.8) is 0 Å². The lowest BCUT2D eigenvalue weighted by Gasteiger charge is -2.33. The molecule has 0 bridgehead atoms. The third-order valence-electron chi connectivity index (χ3n) is 8.66. The summed E-state index contributed by atoms with van der Waals surface area (Å²) in [7, 11) is 1.71. The molecule has 1 aromatic rings. The molecule has 3 amide bonds. The molecule has 1 aliphatic carbocycles. The molecular formula is C36H54N4O5. The molecule has 45 heavy (non-hydrogen) atoms. The normalized spacial score (nSPS) is 17.5. The largest absolute Gasteiger partial charge is 0.389 e. The van der Waals surface area contributed by atoms with Gasteiger partial charge >= 0.3 is 0 Å². The Bertz CT molecular complexity index is 1140. The van der Waals surface area contributed by atoms with Crippen LogP contribution >= 0.6 is 0 Å². The van der Waals surface area contributed by atoms with Crippen LogP contribution in [-0.2, 0) is 20.8 Å². The van der Waals surface area contributed by atoms with E-state index in [1.54, 1.807) is 18.9 Å². The highest BCUT2D eigenvalue weighted by Crippen LogP contribution is 2.29. The van der Waals surface area contributed by atoms with E-state index in [1.807, 2.05) is 44.2 Å². The van der Waals surface area contributed by atoms with Crippen LogP contribution in [0, 0.1) is 42.4 Å². The van der Waals surface area contributed by atoms with Gasteiger partial charge in [-0.1, -0.05) is 76.3 Å². The van der Waals surface area contributed by atoms with E-state index in [0.29, 0.717) is 25.9 Å². The number of amides is 3. The summed E-state index contributed by atoms with van der Waals surface area (Å²) in [6, 6.07) is 7.82. The number of nitrogens with one attached hydrogen (secondary N) is 3. The lowest BCUT2D eigenvalue weighted by molar-refractivity contribution is -0.137. The number of hydrogen-bond acceptors (Lipinski definition) is 6. The summed E-state index contributed by atoms with van der Waals surface area (Å²) in [6.07, 6.45) is 14.6. The molecule has 0 heterocycles. The highest BCUT2D eigenvalue weighted by atomic mass is 16.3. The zero-order valence-electron chi connectivity index (χ0n) is 27.5. The molecule has 2 rings (SSSR count). The Kier molecular flexibility index (Phi) is 16.7. The van der Waals surface area contributed by atoms with E-state index in [-0.39, 0.29) is 30.7 Å². The predicted molar refractivity (Wildman–Crippen MR) is 178 cm³/mol. The predicted octanol–water partition coefficient (Wildman–Crippen LogP) is 2.65. The lowest BCUT2D eigenvalue weighted by atomic mass is 9.82. The fraction of sp³-hybridized carbons (Fsp3) is 0.639. The van der Waals surface area contributed by atoms with Gasteiger partial charge < -0.3 is 31.1 Å². The summed E-state index contributed by atoms with van der Waals surface area (Å²) in [5.74, 6) is 2.59. The molecule has 6 atom stereocenters. The number of hydrogen-bond donors (Lipinski definition) is 5. The molecule has 9 heteroatoms. The minimum atomic E-state index is -1.28. The molecule has 0 spiro atoms. The number of terminal acetylenes is 2. The van der Waals surface area contributed by atoms with Gasteiger partial charge in [0.25, 0.3) is 0 Å². The van der Waals surface area contributed by atoms with Crippen molar-refractivity contribution in [3.05, 3.63) is 35.9 Å². The number of benzene rings is 1. The van der Waals surface area contributed by atoms with E-state index in [0.717, 1.165) is 37.7 Å². The SMILES string of the molecule is C#CC[C@H](O)[C@H](O)[C@H](CC1CCCCC1)NC(=O)[C@@H](NC(=O)[C@@H](CC(=O)N(C)CCNC(C)C)Cc1ccccc1)C(C)C#C. The first-order valence-corrected chi connectivity index (χ1v) is 16.3.